The van der Waals surface area contributed by atoms with Gasteiger partial charge in [-0.1, -0.05) is 12.1 Å². The molecule has 0 radical (unpaired) electrons. The fourth-order valence-corrected chi connectivity index (χ4v) is 4.52. The fraction of sp³-hybridized carbons (Fsp3) is 0.391. The third-order valence-electron chi connectivity index (χ3n) is 5.94. The third-order valence-corrected chi connectivity index (χ3v) is 5.94. The second-order valence-electron chi connectivity index (χ2n) is 7.76. The topological polar surface area (TPSA) is 59.1 Å². The minimum Gasteiger partial charge on any atom is -0.486 e. The first-order valence-corrected chi connectivity index (χ1v) is 10.3. The first kappa shape index (κ1) is 18.0. The Hall–Kier alpha value is -3.02. The molecule has 3 aliphatic rings. The molecule has 0 aromatic heterocycles. The van der Waals surface area contributed by atoms with Crippen molar-refractivity contribution in [3.05, 3.63) is 53.6 Å². The Bertz CT molecular complexity index is 958. The normalized spacial score (nSPS) is 21.0. The van der Waals surface area contributed by atoms with E-state index < -0.39 is 0 Å². The SMILES string of the molecule is O=C1CCCN1c1cccc(C(=O)N2CCCC2c2ccc3c(c2)OCCO3)c1. The van der Waals surface area contributed by atoms with Crippen LogP contribution in [0.3, 0.4) is 0 Å². The molecule has 0 spiro atoms. The van der Waals surface area contributed by atoms with Gasteiger partial charge in [0, 0.05) is 30.8 Å². The highest BCUT2D eigenvalue weighted by molar-refractivity contribution is 5.99. The van der Waals surface area contributed by atoms with E-state index in [4.69, 9.17) is 9.47 Å². The van der Waals surface area contributed by atoms with E-state index in [1.807, 2.05) is 47.4 Å². The molecule has 0 aliphatic carbocycles. The quantitative estimate of drug-likeness (QED) is 0.801. The Morgan fingerprint density at radius 3 is 2.66 bits per heavy atom. The molecule has 3 heterocycles. The number of ether oxygens (including phenoxy) is 2. The minimum absolute atomic E-state index is 0.0101. The minimum atomic E-state index is 0.0101. The number of benzene rings is 2. The number of rotatable bonds is 3. The molecule has 0 saturated carbocycles. The van der Waals surface area contributed by atoms with Crippen molar-refractivity contribution in [2.75, 3.05) is 31.2 Å². The Morgan fingerprint density at radius 2 is 1.83 bits per heavy atom. The molecule has 1 atom stereocenters. The summed E-state index contributed by atoms with van der Waals surface area (Å²) in [5, 5.41) is 0. The van der Waals surface area contributed by atoms with Crippen molar-refractivity contribution >= 4 is 17.5 Å². The molecule has 2 fully saturated rings. The lowest BCUT2D eigenvalue weighted by Gasteiger charge is -2.27. The highest BCUT2D eigenvalue weighted by atomic mass is 16.6. The van der Waals surface area contributed by atoms with Gasteiger partial charge in [0.15, 0.2) is 11.5 Å². The van der Waals surface area contributed by atoms with Gasteiger partial charge in [0.25, 0.3) is 5.91 Å². The van der Waals surface area contributed by atoms with Crippen molar-refractivity contribution in [3.63, 3.8) is 0 Å². The maximum atomic E-state index is 13.3. The summed E-state index contributed by atoms with van der Waals surface area (Å²) >= 11 is 0. The van der Waals surface area contributed by atoms with Gasteiger partial charge in [-0.25, -0.2) is 0 Å². The summed E-state index contributed by atoms with van der Waals surface area (Å²) in [7, 11) is 0. The van der Waals surface area contributed by atoms with E-state index in [2.05, 4.69) is 0 Å². The van der Waals surface area contributed by atoms with Gasteiger partial charge in [-0.3, -0.25) is 9.59 Å². The molecule has 2 saturated heterocycles. The molecule has 2 amide bonds. The van der Waals surface area contributed by atoms with Gasteiger partial charge in [0.2, 0.25) is 5.91 Å². The predicted molar refractivity (Wildman–Crippen MR) is 108 cm³/mol. The Labute approximate surface area is 170 Å². The lowest BCUT2D eigenvalue weighted by Crippen LogP contribution is -2.31. The average molecular weight is 392 g/mol. The van der Waals surface area contributed by atoms with Crippen LogP contribution in [0.15, 0.2) is 42.5 Å². The molecule has 2 aromatic rings. The lowest BCUT2D eigenvalue weighted by molar-refractivity contribution is -0.117. The molecule has 0 N–H and O–H groups in total. The van der Waals surface area contributed by atoms with E-state index in [1.54, 1.807) is 4.90 Å². The number of carbonyl (C=O) groups excluding carboxylic acids is 2. The van der Waals surface area contributed by atoms with Crippen molar-refractivity contribution < 1.29 is 19.1 Å². The van der Waals surface area contributed by atoms with Gasteiger partial charge < -0.3 is 19.3 Å². The molecule has 6 nitrogen and oxygen atoms in total. The van der Waals surface area contributed by atoms with Crippen LogP contribution in [0.2, 0.25) is 0 Å². The molecule has 0 bridgehead atoms. The highest BCUT2D eigenvalue weighted by Crippen LogP contribution is 2.38. The largest absolute Gasteiger partial charge is 0.486 e. The summed E-state index contributed by atoms with van der Waals surface area (Å²) in [6, 6.07) is 13.5. The summed E-state index contributed by atoms with van der Waals surface area (Å²) < 4.78 is 11.3. The molecule has 150 valence electrons. The highest BCUT2D eigenvalue weighted by Gasteiger charge is 2.32. The first-order valence-electron chi connectivity index (χ1n) is 10.3. The molecule has 6 heteroatoms. The van der Waals surface area contributed by atoms with Gasteiger partial charge in [0.05, 0.1) is 6.04 Å². The summed E-state index contributed by atoms with van der Waals surface area (Å²) in [6.45, 7) is 2.56. The van der Waals surface area contributed by atoms with Crippen molar-refractivity contribution in [3.8, 4) is 11.5 Å². The zero-order valence-corrected chi connectivity index (χ0v) is 16.3. The maximum Gasteiger partial charge on any atom is 0.254 e. The molecule has 5 rings (SSSR count). The van der Waals surface area contributed by atoms with Crippen LogP contribution in [0, 0.1) is 0 Å². The number of hydrogen-bond acceptors (Lipinski definition) is 4. The fourth-order valence-electron chi connectivity index (χ4n) is 4.52. The number of hydrogen-bond donors (Lipinski definition) is 0. The van der Waals surface area contributed by atoms with Crippen molar-refractivity contribution in [1.29, 1.82) is 0 Å². The van der Waals surface area contributed by atoms with E-state index in [0.717, 1.165) is 55.1 Å². The zero-order valence-electron chi connectivity index (χ0n) is 16.3. The van der Waals surface area contributed by atoms with Gasteiger partial charge in [-0.05, 0) is 55.2 Å². The van der Waals surface area contributed by atoms with Crippen molar-refractivity contribution in [2.45, 2.75) is 31.7 Å². The Balaban J connectivity index is 1.40. The van der Waals surface area contributed by atoms with Crippen molar-refractivity contribution in [1.82, 2.24) is 4.90 Å². The van der Waals surface area contributed by atoms with E-state index in [1.165, 1.54) is 0 Å². The summed E-state index contributed by atoms with van der Waals surface area (Å²) in [5.41, 5.74) is 2.52. The summed E-state index contributed by atoms with van der Waals surface area (Å²) in [4.78, 5) is 29.1. The van der Waals surface area contributed by atoms with Crippen LogP contribution in [-0.2, 0) is 4.79 Å². The zero-order chi connectivity index (χ0) is 19.8. The number of nitrogens with zero attached hydrogens (tertiary/aromatic N) is 2. The molecule has 3 aliphatic heterocycles. The van der Waals surface area contributed by atoms with Crippen LogP contribution >= 0.6 is 0 Å². The summed E-state index contributed by atoms with van der Waals surface area (Å²) in [6.07, 6.45) is 3.34. The van der Waals surface area contributed by atoms with Gasteiger partial charge in [0.1, 0.15) is 13.2 Å². The monoisotopic (exact) mass is 392 g/mol. The first-order chi connectivity index (χ1) is 14.2. The maximum absolute atomic E-state index is 13.3. The molecule has 29 heavy (non-hydrogen) atoms. The van der Waals surface area contributed by atoms with Gasteiger partial charge in [-0.15, -0.1) is 0 Å². The standard InChI is InChI=1S/C23H24N2O4/c26-22-7-3-10-24(22)18-5-1-4-17(14-18)23(27)25-11-2-6-19(25)16-8-9-20-21(15-16)29-13-12-28-20/h1,4-5,8-9,14-15,19H,2-3,6-7,10-13H2. The second-order valence-corrected chi connectivity index (χ2v) is 7.76. The van der Waals surface area contributed by atoms with Crippen LogP contribution in [0.1, 0.15) is 47.6 Å². The predicted octanol–water partition coefficient (Wildman–Crippen LogP) is 3.56. The van der Waals surface area contributed by atoms with Crippen molar-refractivity contribution in [2.24, 2.45) is 0 Å². The van der Waals surface area contributed by atoms with E-state index in [9.17, 15) is 9.59 Å². The van der Waals surface area contributed by atoms with E-state index >= 15 is 0 Å². The molecule has 1 unspecified atom stereocenters. The molecular formula is C23H24N2O4. The van der Waals surface area contributed by atoms with Gasteiger partial charge >= 0.3 is 0 Å². The van der Waals surface area contributed by atoms with Crippen LogP contribution in [-0.4, -0.2) is 43.0 Å². The Morgan fingerprint density at radius 1 is 0.966 bits per heavy atom. The van der Waals surface area contributed by atoms with Crippen LogP contribution < -0.4 is 14.4 Å². The van der Waals surface area contributed by atoms with Crippen LogP contribution in [0.5, 0.6) is 11.5 Å². The summed E-state index contributed by atoms with van der Waals surface area (Å²) in [5.74, 6) is 1.65. The number of fused-ring (bicyclic) bond motifs is 1. The van der Waals surface area contributed by atoms with E-state index in [0.29, 0.717) is 25.2 Å². The van der Waals surface area contributed by atoms with Crippen LogP contribution in [0.25, 0.3) is 0 Å². The number of anilines is 1. The third kappa shape index (κ3) is 3.33. The lowest BCUT2D eigenvalue weighted by atomic mass is 10.0. The smallest absolute Gasteiger partial charge is 0.254 e. The van der Waals surface area contributed by atoms with Gasteiger partial charge in [-0.2, -0.15) is 0 Å². The molecular weight excluding hydrogens is 368 g/mol. The Kier molecular flexibility index (Phi) is 4.62. The number of carbonyl (C=O) groups is 2. The van der Waals surface area contributed by atoms with E-state index in [-0.39, 0.29) is 17.9 Å². The molecule has 2 aromatic carbocycles. The average Bonchev–Trinajstić information content (AvgIpc) is 3.42. The second kappa shape index (κ2) is 7.43. The number of likely N-dealkylation sites (tertiary alicyclic amines) is 1. The van der Waals surface area contributed by atoms with Crippen LogP contribution in [0.4, 0.5) is 5.69 Å². The number of amides is 2.